The molecule has 0 bridgehead atoms. The summed E-state index contributed by atoms with van der Waals surface area (Å²) in [7, 11) is 0. The van der Waals surface area contributed by atoms with Gasteiger partial charge in [-0.3, -0.25) is 0 Å². The zero-order valence-electron chi connectivity index (χ0n) is 11.5. The Balaban J connectivity index is 2.46. The van der Waals surface area contributed by atoms with Gasteiger partial charge in [-0.25, -0.2) is 18.0 Å². The Kier molecular flexibility index (Phi) is 4.94. The monoisotopic (exact) mass is 390 g/mol. The van der Waals surface area contributed by atoms with E-state index in [1.54, 1.807) is 0 Å². The molecule has 0 aliphatic heterocycles. The number of carbonyl (C=O) groups excluding carboxylic acids is 1. The van der Waals surface area contributed by atoms with Gasteiger partial charge in [0.05, 0.1) is 16.1 Å². The molecule has 0 atom stereocenters. The van der Waals surface area contributed by atoms with Crippen molar-refractivity contribution in [1.82, 2.24) is 0 Å². The first-order chi connectivity index (χ1) is 11.4. The Hall–Kier alpha value is -2.36. The molecule has 2 aromatic carbocycles. The van der Waals surface area contributed by atoms with Crippen LogP contribution in [0.1, 0.15) is 15.9 Å². The molecule has 0 aliphatic rings. The van der Waals surface area contributed by atoms with Crippen molar-refractivity contribution in [3.05, 3.63) is 63.4 Å². The molecule has 2 rings (SSSR count). The van der Waals surface area contributed by atoms with Crippen molar-refractivity contribution in [2.24, 2.45) is 0 Å². The molecule has 0 saturated carbocycles. The zero-order valence-corrected chi connectivity index (χ0v) is 12.2. The van der Waals surface area contributed by atoms with Gasteiger partial charge in [0.1, 0.15) is 0 Å². The fourth-order valence-corrected chi connectivity index (χ4v) is 1.92. The molecule has 0 saturated heterocycles. The van der Waals surface area contributed by atoms with Crippen LogP contribution in [0.5, 0.6) is 5.75 Å². The highest BCUT2D eigenvalue weighted by molar-refractivity contribution is 6.31. The zero-order chi connectivity index (χ0) is 19.1. The molecule has 25 heavy (non-hydrogen) atoms. The smallest absolute Gasteiger partial charge is 0.416 e. The van der Waals surface area contributed by atoms with Gasteiger partial charge in [-0.15, -0.1) is 0 Å². The van der Waals surface area contributed by atoms with Gasteiger partial charge in [-0.1, -0.05) is 11.6 Å². The fraction of sp³-hybridized carbons (Fsp3) is 0.0714. The minimum Gasteiger partial charge on any atom is -0.416 e. The van der Waals surface area contributed by atoms with Crippen LogP contribution in [-0.2, 0) is 6.18 Å². The summed E-state index contributed by atoms with van der Waals surface area (Å²) in [5.41, 5.74) is -2.33. The molecular weight excluding hydrogens is 388 g/mol. The van der Waals surface area contributed by atoms with Crippen molar-refractivity contribution < 1.29 is 44.7 Å². The molecule has 0 amide bonds. The number of rotatable bonds is 2. The van der Waals surface area contributed by atoms with E-state index in [-0.39, 0.29) is 6.07 Å². The SMILES string of the molecule is O=C(Oc1c(F)c(F)c(F)c(F)c1F)c1ccc(Cl)c(C(F)(F)F)c1. The van der Waals surface area contributed by atoms with E-state index in [2.05, 4.69) is 4.74 Å². The minimum atomic E-state index is -4.96. The van der Waals surface area contributed by atoms with E-state index in [9.17, 15) is 39.9 Å². The maximum Gasteiger partial charge on any atom is 0.417 e. The van der Waals surface area contributed by atoms with Crippen molar-refractivity contribution >= 4 is 17.6 Å². The molecule has 0 radical (unpaired) electrons. The lowest BCUT2D eigenvalue weighted by Gasteiger charge is -2.12. The number of ether oxygens (including phenoxy) is 1. The molecule has 0 heterocycles. The van der Waals surface area contributed by atoms with Crippen LogP contribution in [-0.4, -0.2) is 5.97 Å². The van der Waals surface area contributed by atoms with E-state index in [4.69, 9.17) is 11.6 Å². The van der Waals surface area contributed by atoms with Crippen molar-refractivity contribution in [1.29, 1.82) is 0 Å². The quantitative estimate of drug-likeness (QED) is 0.229. The highest BCUT2D eigenvalue weighted by Gasteiger charge is 2.34. The molecule has 0 aromatic heterocycles. The van der Waals surface area contributed by atoms with Crippen LogP contribution >= 0.6 is 11.6 Å². The van der Waals surface area contributed by atoms with Gasteiger partial charge in [0.2, 0.25) is 34.8 Å². The predicted molar refractivity (Wildman–Crippen MR) is 67.6 cm³/mol. The average Bonchev–Trinajstić information content (AvgIpc) is 2.54. The van der Waals surface area contributed by atoms with Gasteiger partial charge in [0.15, 0.2) is 0 Å². The molecule has 11 heteroatoms. The second kappa shape index (κ2) is 6.51. The number of hydrogen-bond donors (Lipinski definition) is 0. The van der Waals surface area contributed by atoms with Gasteiger partial charge in [0.25, 0.3) is 0 Å². The Bertz CT molecular complexity index is 834. The normalized spacial score (nSPS) is 11.6. The van der Waals surface area contributed by atoms with Crippen LogP contribution in [0.15, 0.2) is 18.2 Å². The fourth-order valence-electron chi connectivity index (χ4n) is 1.70. The predicted octanol–water partition coefficient (Wildman–Crippen LogP) is 5.27. The maximum atomic E-state index is 13.4. The van der Waals surface area contributed by atoms with Crippen LogP contribution in [0.4, 0.5) is 35.1 Å². The Morgan fingerprint density at radius 2 is 1.36 bits per heavy atom. The van der Waals surface area contributed by atoms with Crippen molar-refractivity contribution in [3.8, 4) is 5.75 Å². The topological polar surface area (TPSA) is 26.3 Å². The van der Waals surface area contributed by atoms with Gasteiger partial charge >= 0.3 is 12.1 Å². The second-order valence-corrected chi connectivity index (χ2v) is 4.89. The maximum absolute atomic E-state index is 13.4. The van der Waals surface area contributed by atoms with E-state index >= 15 is 0 Å². The summed E-state index contributed by atoms with van der Waals surface area (Å²) in [6.45, 7) is 0. The second-order valence-electron chi connectivity index (χ2n) is 4.48. The summed E-state index contributed by atoms with van der Waals surface area (Å²) in [6.07, 6.45) is -4.96. The number of hydrogen-bond acceptors (Lipinski definition) is 2. The third-order valence-corrected chi connectivity index (χ3v) is 3.20. The lowest BCUT2D eigenvalue weighted by molar-refractivity contribution is -0.137. The molecule has 2 nitrogen and oxygen atoms in total. The van der Waals surface area contributed by atoms with Crippen molar-refractivity contribution in [2.75, 3.05) is 0 Å². The van der Waals surface area contributed by atoms with E-state index in [0.717, 1.165) is 0 Å². The Morgan fingerprint density at radius 1 is 0.880 bits per heavy atom. The first-order valence-electron chi connectivity index (χ1n) is 6.05. The standard InChI is InChI=1S/C14H3ClF8O2/c15-6-2-1-4(3-5(6)14(21,22)23)13(24)25-12-10(19)8(17)7(16)9(18)11(12)20/h1-3H. The summed E-state index contributed by atoms with van der Waals surface area (Å²) < 4.78 is 108. The summed E-state index contributed by atoms with van der Waals surface area (Å²) in [4.78, 5) is 11.7. The van der Waals surface area contributed by atoms with E-state index in [0.29, 0.717) is 12.1 Å². The number of alkyl halides is 3. The van der Waals surface area contributed by atoms with Gasteiger partial charge in [0, 0.05) is 0 Å². The molecule has 0 N–H and O–H groups in total. The summed E-state index contributed by atoms with van der Waals surface area (Å²) in [5, 5.41) is -0.778. The molecule has 0 unspecified atom stereocenters. The van der Waals surface area contributed by atoms with Crippen LogP contribution < -0.4 is 4.74 Å². The largest absolute Gasteiger partial charge is 0.417 e. The molecule has 2 aromatic rings. The minimum absolute atomic E-state index is 0.205. The Morgan fingerprint density at radius 3 is 1.84 bits per heavy atom. The van der Waals surface area contributed by atoms with Crippen molar-refractivity contribution in [2.45, 2.75) is 6.18 Å². The third-order valence-electron chi connectivity index (χ3n) is 2.87. The van der Waals surface area contributed by atoms with Gasteiger partial charge in [-0.2, -0.15) is 22.0 Å². The Labute approximate surface area is 138 Å². The number of halogens is 9. The summed E-state index contributed by atoms with van der Waals surface area (Å²) in [5.74, 6) is -15.9. The molecular formula is C14H3ClF8O2. The van der Waals surface area contributed by atoms with Crippen LogP contribution in [0, 0.1) is 29.1 Å². The van der Waals surface area contributed by atoms with Crippen LogP contribution in [0.3, 0.4) is 0 Å². The number of esters is 1. The highest BCUT2D eigenvalue weighted by atomic mass is 35.5. The first-order valence-corrected chi connectivity index (χ1v) is 6.43. The van der Waals surface area contributed by atoms with Crippen molar-refractivity contribution in [3.63, 3.8) is 0 Å². The number of carbonyl (C=O) groups is 1. The third kappa shape index (κ3) is 3.53. The van der Waals surface area contributed by atoms with E-state index < -0.39 is 63.1 Å². The van der Waals surface area contributed by atoms with E-state index in [1.807, 2.05) is 0 Å². The molecule has 0 fully saturated rings. The average molecular weight is 391 g/mol. The van der Waals surface area contributed by atoms with Gasteiger partial charge in [-0.05, 0) is 18.2 Å². The number of benzene rings is 2. The lowest BCUT2D eigenvalue weighted by atomic mass is 10.1. The van der Waals surface area contributed by atoms with Gasteiger partial charge < -0.3 is 4.74 Å². The van der Waals surface area contributed by atoms with Crippen LogP contribution in [0.25, 0.3) is 0 Å². The molecule has 0 spiro atoms. The summed E-state index contributed by atoms with van der Waals surface area (Å²) in [6, 6.07) is 1.57. The highest BCUT2D eigenvalue weighted by Crippen LogP contribution is 2.35. The summed E-state index contributed by atoms with van der Waals surface area (Å²) >= 11 is 5.32. The first kappa shape index (κ1) is 19.0. The lowest BCUT2D eigenvalue weighted by Crippen LogP contribution is -2.15. The molecule has 0 aliphatic carbocycles. The van der Waals surface area contributed by atoms with Crippen LogP contribution in [0.2, 0.25) is 5.02 Å². The van der Waals surface area contributed by atoms with E-state index in [1.165, 1.54) is 0 Å². The molecule has 134 valence electrons.